The summed E-state index contributed by atoms with van der Waals surface area (Å²) in [7, 11) is 0. The molecule has 0 aliphatic rings. The standard InChI is InChI=1S/C28H39F3N4O5/c1-5-24(36)39-19-21(4)40-23-12-8-11-22(18-23)10-6-7-15-32-25-26(37)34(17-13-20(2)3)27(38)35(33-25)16-9-14-28(29,30)31/h8,11-13,18,21H,5-7,9-10,14-17,19H2,1-4H3,(H,32,33). The van der Waals surface area contributed by atoms with E-state index in [0.29, 0.717) is 25.1 Å². The molecule has 0 radical (unpaired) electrons. The number of esters is 1. The molecule has 1 unspecified atom stereocenters. The van der Waals surface area contributed by atoms with Gasteiger partial charge in [0.25, 0.3) is 5.56 Å². The van der Waals surface area contributed by atoms with Crippen molar-refractivity contribution in [3.05, 3.63) is 62.3 Å². The fourth-order valence-electron chi connectivity index (χ4n) is 3.69. The monoisotopic (exact) mass is 568 g/mol. The average Bonchev–Trinajstić information content (AvgIpc) is 2.88. The van der Waals surface area contributed by atoms with Gasteiger partial charge in [0.05, 0.1) is 0 Å². The van der Waals surface area contributed by atoms with Crippen molar-refractivity contribution >= 4 is 11.8 Å². The van der Waals surface area contributed by atoms with Crippen LogP contribution in [0.5, 0.6) is 5.75 Å². The Bertz CT molecular complexity index is 1250. The first-order valence-electron chi connectivity index (χ1n) is 13.5. The zero-order valence-corrected chi connectivity index (χ0v) is 23.6. The third-order valence-electron chi connectivity index (χ3n) is 5.82. The van der Waals surface area contributed by atoms with Crippen LogP contribution in [0.15, 0.2) is 45.5 Å². The second kappa shape index (κ2) is 15.9. The summed E-state index contributed by atoms with van der Waals surface area (Å²) < 4.78 is 50.6. The molecule has 9 nitrogen and oxygen atoms in total. The molecule has 0 saturated heterocycles. The van der Waals surface area contributed by atoms with Crippen molar-refractivity contribution in [2.24, 2.45) is 0 Å². The number of rotatable bonds is 16. The quantitative estimate of drug-likeness (QED) is 0.175. The van der Waals surface area contributed by atoms with Crippen molar-refractivity contribution < 1.29 is 27.4 Å². The normalized spacial score (nSPS) is 12.1. The van der Waals surface area contributed by atoms with Crippen LogP contribution < -0.4 is 21.3 Å². The molecule has 0 fully saturated rings. The molecule has 12 heteroatoms. The molecule has 1 heterocycles. The van der Waals surface area contributed by atoms with Gasteiger partial charge in [0.1, 0.15) is 18.5 Å². The number of hydrogen-bond acceptors (Lipinski definition) is 7. The lowest BCUT2D eigenvalue weighted by Crippen LogP contribution is -2.42. The number of benzene rings is 1. The van der Waals surface area contributed by atoms with Crippen molar-refractivity contribution in [1.29, 1.82) is 0 Å². The number of hydrogen-bond donors (Lipinski definition) is 1. The van der Waals surface area contributed by atoms with Crippen molar-refractivity contribution in [1.82, 2.24) is 14.3 Å². The minimum atomic E-state index is -4.34. The molecule has 40 heavy (non-hydrogen) atoms. The largest absolute Gasteiger partial charge is 0.487 e. The van der Waals surface area contributed by atoms with Crippen LogP contribution in [0.2, 0.25) is 0 Å². The molecule has 0 bridgehead atoms. The van der Waals surface area contributed by atoms with Crippen LogP contribution in [0, 0.1) is 0 Å². The van der Waals surface area contributed by atoms with Gasteiger partial charge in [0.2, 0.25) is 5.82 Å². The van der Waals surface area contributed by atoms with E-state index in [1.54, 1.807) is 13.0 Å². The van der Waals surface area contributed by atoms with E-state index in [1.165, 1.54) is 0 Å². The highest BCUT2D eigenvalue weighted by Crippen LogP contribution is 2.21. The number of ether oxygens (including phenoxy) is 2. The SMILES string of the molecule is CCC(=O)OCC(C)Oc1cccc(CCCCNc2nn(CCCC(F)(F)F)c(=O)n(CC=C(C)C)c2=O)c1. The van der Waals surface area contributed by atoms with E-state index in [2.05, 4.69) is 10.4 Å². The number of anilines is 1. The summed E-state index contributed by atoms with van der Waals surface area (Å²) >= 11 is 0. The lowest BCUT2D eigenvalue weighted by atomic mass is 10.1. The van der Waals surface area contributed by atoms with E-state index in [9.17, 15) is 27.6 Å². The number of allylic oxidation sites excluding steroid dienone is 2. The second-order valence-corrected chi connectivity index (χ2v) is 9.77. The summed E-state index contributed by atoms with van der Waals surface area (Å²) in [5, 5.41) is 6.98. The van der Waals surface area contributed by atoms with Gasteiger partial charge in [-0.15, -0.1) is 5.10 Å². The molecule has 1 aromatic heterocycles. The Morgan fingerprint density at radius 3 is 2.60 bits per heavy atom. The molecule has 0 spiro atoms. The molecule has 0 aliphatic carbocycles. The predicted octanol–water partition coefficient (Wildman–Crippen LogP) is 4.87. The van der Waals surface area contributed by atoms with E-state index < -0.39 is 23.8 Å². The maximum atomic E-state index is 12.9. The van der Waals surface area contributed by atoms with Crippen LogP contribution >= 0.6 is 0 Å². The van der Waals surface area contributed by atoms with Gasteiger partial charge >= 0.3 is 17.8 Å². The average molecular weight is 569 g/mol. The summed E-state index contributed by atoms with van der Waals surface area (Å²) in [6, 6.07) is 7.61. The Hall–Kier alpha value is -3.57. The number of nitrogens with one attached hydrogen (secondary N) is 1. The van der Waals surface area contributed by atoms with Crippen LogP contribution in [0.25, 0.3) is 0 Å². The van der Waals surface area contributed by atoms with Gasteiger partial charge in [-0.05, 0) is 64.2 Å². The summed E-state index contributed by atoms with van der Waals surface area (Å²) in [4.78, 5) is 36.9. The third-order valence-corrected chi connectivity index (χ3v) is 5.82. The maximum Gasteiger partial charge on any atom is 0.389 e. The third kappa shape index (κ3) is 11.7. The van der Waals surface area contributed by atoms with E-state index in [4.69, 9.17) is 9.47 Å². The lowest BCUT2D eigenvalue weighted by molar-refractivity contribution is -0.145. The molecule has 222 valence electrons. The summed E-state index contributed by atoms with van der Waals surface area (Å²) in [6.45, 7) is 7.51. The fraction of sp³-hybridized carbons (Fsp3) is 0.571. The van der Waals surface area contributed by atoms with E-state index in [1.807, 2.05) is 45.0 Å². The first-order valence-corrected chi connectivity index (χ1v) is 13.5. The zero-order chi connectivity index (χ0) is 29.7. The first-order chi connectivity index (χ1) is 18.9. The van der Waals surface area contributed by atoms with Crippen LogP contribution in [-0.4, -0.2) is 45.7 Å². The Morgan fingerprint density at radius 2 is 1.93 bits per heavy atom. The minimum absolute atomic E-state index is 0.00847. The molecule has 1 aromatic carbocycles. The Labute approximate surface area is 232 Å². The number of aromatic nitrogens is 3. The molecule has 2 aromatic rings. The van der Waals surface area contributed by atoms with Gasteiger partial charge in [-0.3, -0.25) is 14.2 Å². The lowest BCUT2D eigenvalue weighted by Gasteiger charge is -2.15. The molecular formula is C28H39F3N4O5. The van der Waals surface area contributed by atoms with Gasteiger partial charge in [0, 0.05) is 32.5 Å². The predicted molar refractivity (Wildman–Crippen MR) is 147 cm³/mol. The van der Waals surface area contributed by atoms with Gasteiger partial charge < -0.3 is 14.8 Å². The second-order valence-electron chi connectivity index (χ2n) is 9.77. The number of halogens is 3. The smallest absolute Gasteiger partial charge is 0.389 e. The maximum absolute atomic E-state index is 12.9. The van der Waals surface area contributed by atoms with Crippen molar-refractivity contribution in [3.8, 4) is 5.75 Å². The molecule has 2 rings (SSSR count). The number of unbranched alkanes of at least 4 members (excludes halogenated alkanes) is 1. The highest BCUT2D eigenvalue weighted by Gasteiger charge is 2.26. The van der Waals surface area contributed by atoms with Gasteiger partial charge in [-0.2, -0.15) is 13.2 Å². The topological polar surface area (TPSA) is 104 Å². The summed E-state index contributed by atoms with van der Waals surface area (Å²) in [5.41, 5.74) is 0.592. The number of carbonyl (C=O) groups is 1. The van der Waals surface area contributed by atoms with Crippen molar-refractivity contribution in [2.75, 3.05) is 18.5 Å². The van der Waals surface area contributed by atoms with Crippen LogP contribution in [0.4, 0.5) is 19.0 Å². The first kappa shape index (κ1) is 32.6. The van der Waals surface area contributed by atoms with Gasteiger partial charge in [-0.25, -0.2) is 9.48 Å². The van der Waals surface area contributed by atoms with Gasteiger partial charge in [-0.1, -0.05) is 30.7 Å². The molecule has 0 saturated carbocycles. The summed E-state index contributed by atoms with van der Waals surface area (Å²) in [6.07, 6.45) is -1.79. The highest BCUT2D eigenvalue weighted by atomic mass is 19.4. The number of nitrogens with zero attached hydrogens (tertiary/aromatic N) is 3. The number of aryl methyl sites for hydroxylation is 2. The Morgan fingerprint density at radius 1 is 1.18 bits per heavy atom. The van der Waals surface area contributed by atoms with E-state index in [0.717, 1.165) is 33.2 Å². The van der Waals surface area contributed by atoms with Crippen molar-refractivity contribution in [3.63, 3.8) is 0 Å². The number of carbonyl (C=O) groups excluding carboxylic acids is 1. The number of alkyl halides is 3. The van der Waals surface area contributed by atoms with E-state index >= 15 is 0 Å². The van der Waals surface area contributed by atoms with Crippen LogP contribution in [0.1, 0.15) is 65.4 Å². The van der Waals surface area contributed by atoms with Crippen LogP contribution in [0.3, 0.4) is 0 Å². The Balaban J connectivity index is 1.97. The molecule has 1 atom stereocenters. The van der Waals surface area contributed by atoms with Crippen molar-refractivity contribution in [2.45, 2.75) is 91.6 Å². The van der Waals surface area contributed by atoms with Gasteiger partial charge in [0.15, 0.2) is 0 Å². The zero-order valence-electron chi connectivity index (χ0n) is 23.6. The molecular weight excluding hydrogens is 529 g/mol. The minimum Gasteiger partial charge on any atom is -0.487 e. The summed E-state index contributed by atoms with van der Waals surface area (Å²) in [5.74, 6) is 0.326. The molecule has 0 aliphatic heterocycles. The van der Waals surface area contributed by atoms with Crippen LogP contribution in [-0.2, 0) is 29.0 Å². The Kier molecular flexibility index (Phi) is 13.0. The van der Waals surface area contributed by atoms with E-state index in [-0.39, 0.29) is 44.0 Å². The fourth-order valence-corrected chi connectivity index (χ4v) is 3.69. The molecule has 0 amide bonds. The highest BCUT2D eigenvalue weighted by molar-refractivity contribution is 5.68. The molecule has 1 N–H and O–H groups in total.